The summed E-state index contributed by atoms with van der Waals surface area (Å²) in [6.45, 7) is 0.792. The Hall–Kier alpha value is -1.31. The molecule has 0 unspecified atom stereocenters. The average Bonchev–Trinajstić information content (AvgIpc) is 2.83. The molecular formula is C10H14N2O4S. The van der Waals surface area contributed by atoms with Gasteiger partial charge >= 0.3 is 0 Å². The summed E-state index contributed by atoms with van der Waals surface area (Å²) in [6, 6.07) is 4.34. The van der Waals surface area contributed by atoms with Crippen molar-refractivity contribution in [1.82, 2.24) is 4.47 Å². The summed E-state index contributed by atoms with van der Waals surface area (Å²) in [5, 5.41) is 0. The van der Waals surface area contributed by atoms with E-state index in [1.54, 1.807) is 0 Å². The second-order valence-electron chi connectivity index (χ2n) is 3.62. The summed E-state index contributed by atoms with van der Waals surface area (Å²) in [7, 11) is -2.17. The van der Waals surface area contributed by atoms with Crippen LogP contribution in [0.5, 0.6) is 5.75 Å². The third-order valence-electron chi connectivity index (χ3n) is 2.49. The van der Waals surface area contributed by atoms with Crippen LogP contribution < -0.4 is 10.5 Å². The van der Waals surface area contributed by atoms with Crippen molar-refractivity contribution in [1.29, 1.82) is 0 Å². The molecule has 1 aliphatic rings. The standard InChI is InChI=1S/C10H14N2O4S/c1-15-10-7-8(3-4-9(10)11)17(13,14)12-5-2-6-16-12/h3-4,7H,2,5-6,11H2,1H3. The van der Waals surface area contributed by atoms with Crippen molar-refractivity contribution in [2.45, 2.75) is 11.3 Å². The van der Waals surface area contributed by atoms with E-state index in [4.69, 9.17) is 15.3 Å². The van der Waals surface area contributed by atoms with Crippen LogP contribution in [-0.4, -0.2) is 33.1 Å². The van der Waals surface area contributed by atoms with Gasteiger partial charge < -0.3 is 10.5 Å². The van der Waals surface area contributed by atoms with Crippen molar-refractivity contribution < 1.29 is 18.0 Å². The first kappa shape index (κ1) is 12.2. The van der Waals surface area contributed by atoms with E-state index >= 15 is 0 Å². The zero-order valence-corrected chi connectivity index (χ0v) is 10.2. The van der Waals surface area contributed by atoms with Gasteiger partial charge in [0.2, 0.25) is 0 Å². The number of ether oxygens (including phenoxy) is 1. The van der Waals surface area contributed by atoms with Crippen molar-refractivity contribution in [2.24, 2.45) is 0 Å². The highest BCUT2D eigenvalue weighted by molar-refractivity contribution is 7.89. The summed E-state index contributed by atoms with van der Waals surface area (Å²) in [6.07, 6.45) is 0.700. The number of nitrogens with two attached hydrogens (primary N) is 1. The van der Waals surface area contributed by atoms with Gasteiger partial charge in [-0.3, -0.25) is 4.84 Å². The summed E-state index contributed by atoms with van der Waals surface area (Å²) in [5.41, 5.74) is 6.03. The van der Waals surface area contributed by atoms with Crippen molar-refractivity contribution in [2.75, 3.05) is 26.0 Å². The molecule has 7 heteroatoms. The molecule has 1 aromatic carbocycles. The Morgan fingerprint density at radius 3 is 2.82 bits per heavy atom. The summed E-state index contributed by atoms with van der Waals surface area (Å²) < 4.78 is 30.2. The fraction of sp³-hybridized carbons (Fsp3) is 0.400. The van der Waals surface area contributed by atoms with Crippen LogP contribution >= 0.6 is 0 Å². The molecule has 1 heterocycles. The topological polar surface area (TPSA) is 81.9 Å². The highest BCUT2D eigenvalue weighted by Crippen LogP contribution is 2.27. The zero-order chi connectivity index (χ0) is 12.5. The second kappa shape index (κ2) is 4.52. The number of nitrogen functional groups attached to an aromatic ring is 1. The molecule has 1 aliphatic heterocycles. The molecule has 0 aliphatic carbocycles. The molecule has 0 saturated carbocycles. The molecule has 94 valence electrons. The predicted molar refractivity (Wildman–Crippen MR) is 61.9 cm³/mol. The van der Waals surface area contributed by atoms with E-state index in [1.807, 2.05) is 0 Å². The molecular weight excluding hydrogens is 244 g/mol. The summed E-state index contributed by atoms with van der Waals surface area (Å²) in [4.78, 5) is 5.17. The number of sulfonamides is 1. The molecule has 1 saturated heterocycles. The van der Waals surface area contributed by atoms with Crippen LogP contribution in [0.15, 0.2) is 23.1 Å². The molecule has 0 bridgehead atoms. The van der Waals surface area contributed by atoms with Crippen molar-refractivity contribution in [3.63, 3.8) is 0 Å². The second-order valence-corrected chi connectivity index (χ2v) is 5.45. The Morgan fingerprint density at radius 2 is 2.24 bits per heavy atom. The number of methoxy groups -OCH3 is 1. The van der Waals surface area contributed by atoms with E-state index in [2.05, 4.69) is 0 Å². The number of rotatable bonds is 3. The minimum atomic E-state index is -3.61. The molecule has 0 aromatic heterocycles. The van der Waals surface area contributed by atoms with Gasteiger partial charge in [-0.1, -0.05) is 4.47 Å². The maximum absolute atomic E-state index is 12.1. The van der Waals surface area contributed by atoms with Gasteiger partial charge in [0.25, 0.3) is 10.0 Å². The van der Waals surface area contributed by atoms with Crippen LogP contribution in [0.3, 0.4) is 0 Å². The van der Waals surface area contributed by atoms with Crippen molar-refractivity contribution in [3.8, 4) is 5.75 Å². The van der Waals surface area contributed by atoms with Crippen LogP contribution in [-0.2, 0) is 14.9 Å². The van der Waals surface area contributed by atoms with E-state index in [9.17, 15) is 8.42 Å². The van der Waals surface area contributed by atoms with Crippen LogP contribution in [0.25, 0.3) is 0 Å². The lowest BCUT2D eigenvalue weighted by Gasteiger charge is -2.15. The van der Waals surface area contributed by atoms with Gasteiger partial charge in [-0.05, 0) is 18.6 Å². The first-order chi connectivity index (χ1) is 8.05. The highest BCUT2D eigenvalue weighted by atomic mass is 32.2. The Labute approximate surface area is 99.9 Å². The molecule has 6 nitrogen and oxygen atoms in total. The normalized spacial score (nSPS) is 17.2. The molecule has 2 N–H and O–H groups in total. The first-order valence-electron chi connectivity index (χ1n) is 5.15. The SMILES string of the molecule is COc1cc(S(=O)(=O)N2CCCO2)ccc1N. The zero-order valence-electron chi connectivity index (χ0n) is 9.42. The number of hydroxylamine groups is 1. The fourth-order valence-corrected chi connectivity index (χ4v) is 2.90. The van der Waals surface area contributed by atoms with Crippen LogP contribution in [0.4, 0.5) is 5.69 Å². The third-order valence-corrected chi connectivity index (χ3v) is 4.16. The van der Waals surface area contributed by atoms with Gasteiger partial charge in [0.15, 0.2) is 0 Å². The van der Waals surface area contributed by atoms with Gasteiger partial charge in [0.05, 0.1) is 24.3 Å². The highest BCUT2D eigenvalue weighted by Gasteiger charge is 2.29. The molecule has 0 radical (unpaired) electrons. The quantitative estimate of drug-likeness (QED) is 0.803. The van der Waals surface area contributed by atoms with Gasteiger partial charge in [0, 0.05) is 12.6 Å². The molecule has 1 fully saturated rings. The van der Waals surface area contributed by atoms with Gasteiger partial charge in [-0.15, -0.1) is 0 Å². The van der Waals surface area contributed by atoms with Crippen molar-refractivity contribution >= 4 is 15.7 Å². The molecule has 0 atom stereocenters. The van der Waals surface area contributed by atoms with E-state index in [1.165, 1.54) is 25.3 Å². The smallest absolute Gasteiger partial charge is 0.265 e. The molecule has 0 spiro atoms. The van der Waals surface area contributed by atoms with Crippen LogP contribution in [0.1, 0.15) is 6.42 Å². The Morgan fingerprint density at radius 1 is 1.47 bits per heavy atom. The van der Waals surface area contributed by atoms with Gasteiger partial charge in [-0.25, -0.2) is 8.42 Å². The number of benzene rings is 1. The lowest BCUT2D eigenvalue weighted by molar-refractivity contribution is -0.0284. The number of anilines is 1. The number of nitrogens with zero attached hydrogens (tertiary/aromatic N) is 1. The van der Waals surface area contributed by atoms with Crippen LogP contribution in [0, 0.1) is 0 Å². The monoisotopic (exact) mass is 258 g/mol. The maximum atomic E-state index is 12.1. The minimum absolute atomic E-state index is 0.116. The van der Waals surface area contributed by atoms with E-state index < -0.39 is 10.0 Å². The fourth-order valence-electron chi connectivity index (χ4n) is 1.58. The maximum Gasteiger partial charge on any atom is 0.265 e. The van der Waals surface area contributed by atoms with Crippen molar-refractivity contribution in [3.05, 3.63) is 18.2 Å². The number of hydrogen-bond donors (Lipinski definition) is 1. The van der Waals surface area contributed by atoms with Crippen LogP contribution in [0.2, 0.25) is 0 Å². The lowest BCUT2D eigenvalue weighted by atomic mass is 10.3. The number of hydrogen-bond acceptors (Lipinski definition) is 5. The van der Waals surface area contributed by atoms with Gasteiger partial charge in [0.1, 0.15) is 5.75 Å². The molecule has 0 amide bonds. The summed E-state index contributed by atoms with van der Waals surface area (Å²) in [5.74, 6) is 0.338. The van der Waals surface area contributed by atoms with E-state index in [0.29, 0.717) is 31.0 Å². The first-order valence-corrected chi connectivity index (χ1v) is 6.59. The van der Waals surface area contributed by atoms with Gasteiger partial charge in [-0.2, -0.15) is 0 Å². The molecule has 17 heavy (non-hydrogen) atoms. The Bertz CT molecular complexity index is 509. The Balaban J connectivity index is 2.39. The third kappa shape index (κ3) is 2.21. The van der Waals surface area contributed by atoms with E-state index in [0.717, 1.165) is 4.47 Å². The lowest BCUT2D eigenvalue weighted by Crippen LogP contribution is -2.26. The molecule has 2 rings (SSSR count). The molecule has 1 aromatic rings. The average molecular weight is 258 g/mol. The largest absolute Gasteiger partial charge is 0.495 e. The minimum Gasteiger partial charge on any atom is -0.495 e. The summed E-state index contributed by atoms with van der Waals surface area (Å²) >= 11 is 0. The predicted octanol–water partition coefficient (Wildman–Crippen LogP) is 0.603. The van der Waals surface area contributed by atoms with E-state index in [-0.39, 0.29) is 4.90 Å². The Kier molecular flexibility index (Phi) is 3.23.